The maximum atomic E-state index is 12.6. The molecule has 5 rings (SSSR count). The number of ether oxygens (including phenoxy) is 1. The van der Waals surface area contributed by atoms with Crippen molar-refractivity contribution in [2.24, 2.45) is 13.0 Å². The molecule has 1 fully saturated rings. The standard InChI is InChI=1S/C25H26F3N3O2/c1-30-13-15(12-29-24(32)16-6-8-18(9-7-16)33-25(26,27)28)10-20-19-4-3-5-21-23(19)17(11-22(20)30)14-31(21)2/h3-9,14-15,20,22H,10-13H2,1-2H3,(H,29,32)/t15-,20+,22+/m0/s1. The molecule has 8 heteroatoms. The van der Waals surface area contributed by atoms with Crippen molar-refractivity contribution in [2.45, 2.75) is 31.2 Å². The minimum Gasteiger partial charge on any atom is -0.406 e. The second-order valence-corrected chi connectivity index (χ2v) is 9.21. The largest absolute Gasteiger partial charge is 0.573 e. The average molecular weight is 457 g/mol. The molecule has 33 heavy (non-hydrogen) atoms. The highest BCUT2D eigenvalue weighted by Crippen LogP contribution is 2.44. The van der Waals surface area contributed by atoms with Gasteiger partial charge >= 0.3 is 6.36 Å². The predicted octanol–water partition coefficient (Wildman–Crippen LogP) is 4.47. The van der Waals surface area contributed by atoms with Gasteiger partial charge in [-0.05, 0) is 67.3 Å². The number of hydrogen-bond donors (Lipinski definition) is 1. The molecule has 2 aliphatic rings. The van der Waals surface area contributed by atoms with Gasteiger partial charge in [0.2, 0.25) is 0 Å². The number of aromatic nitrogens is 1. The Morgan fingerprint density at radius 2 is 1.91 bits per heavy atom. The van der Waals surface area contributed by atoms with Gasteiger partial charge in [-0.2, -0.15) is 0 Å². The molecule has 1 saturated heterocycles. The Hall–Kier alpha value is -3.00. The van der Waals surface area contributed by atoms with Crippen molar-refractivity contribution < 1.29 is 22.7 Å². The molecule has 1 N–H and O–H groups in total. The Kier molecular flexibility index (Phi) is 5.35. The number of aryl methyl sites for hydroxylation is 1. The van der Waals surface area contributed by atoms with Gasteiger partial charge in [0.05, 0.1) is 0 Å². The first-order valence-corrected chi connectivity index (χ1v) is 11.1. The molecule has 1 aliphatic heterocycles. The Labute approximate surface area is 190 Å². The van der Waals surface area contributed by atoms with Crippen LogP contribution in [0.25, 0.3) is 10.9 Å². The van der Waals surface area contributed by atoms with E-state index in [2.05, 4.69) is 58.0 Å². The average Bonchev–Trinajstić information content (AvgIpc) is 3.09. The fraction of sp³-hybridized carbons (Fsp3) is 0.400. The van der Waals surface area contributed by atoms with Crippen molar-refractivity contribution >= 4 is 16.8 Å². The molecular weight excluding hydrogens is 431 g/mol. The second-order valence-electron chi connectivity index (χ2n) is 9.21. The number of carbonyl (C=O) groups is 1. The highest BCUT2D eigenvalue weighted by atomic mass is 19.4. The van der Waals surface area contributed by atoms with Crippen molar-refractivity contribution in [1.29, 1.82) is 0 Å². The smallest absolute Gasteiger partial charge is 0.406 e. The maximum Gasteiger partial charge on any atom is 0.573 e. The minimum atomic E-state index is -4.75. The summed E-state index contributed by atoms with van der Waals surface area (Å²) in [5.41, 5.74) is 4.36. The Bertz CT molecular complexity index is 1190. The number of fused-ring (bicyclic) bond motifs is 2. The molecular formula is C25H26F3N3O2. The van der Waals surface area contributed by atoms with Gasteiger partial charge in [0.1, 0.15) is 5.75 Å². The van der Waals surface area contributed by atoms with E-state index in [-0.39, 0.29) is 17.6 Å². The molecule has 1 aliphatic carbocycles. The zero-order valence-corrected chi connectivity index (χ0v) is 18.5. The van der Waals surface area contributed by atoms with E-state index in [1.54, 1.807) is 0 Å². The third-order valence-corrected chi connectivity index (χ3v) is 7.02. The van der Waals surface area contributed by atoms with Crippen LogP contribution in [0, 0.1) is 5.92 Å². The molecule has 1 aromatic heterocycles. The Balaban J connectivity index is 1.27. The van der Waals surface area contributed by atoms with Crippen LogP contribution in [0.1, 0.15) is 33.8 Å². The van der Waals surface area contributed by atoms with E-state index in [1.165, 1.54) is 34.2 Å². The number of halogens is 3. The predicted molar refractivity (Wildman–Crippen MR) is 119 cm³/mol. The lowest BCUT2D eigenvalue weighted by atomic mass is 9.72. The van der Waals surface area contributed by atoms with Crippen LogP contribution in [0.15, 0.2) is 48.7 Å². The van der Waals surface area contributed by atoms with Gasteiger partial charge in [-0.1, -0.05) is 12.1 Å². The third-order valence-electron chi connectivity index (χ3n) is 7.02. The summed E-state index contributed by atoms with van der Waals surface area (Å²) >= 11 is 0. The molecule has 0 bridgehead atoms. The summed E-state index contributed by atoms with van der Waals surface area (Å²) in [5, 5.41) is 4.34. The van der Waals surface area contributed by atoms with Gasteiger partial charge in [0, 0.05) is 54.8 Å². The summed E-state index contributed by atoms with van der Waals surface area (Å²) < 4.78 is 43.0. The lowest BCUT2D eigenvalue weighted by Gasteiger charge is -2.45. The first-order valence-electron chi connectivity index (χ1n) is 11.1. The minimum absolute atomic E-state index is 0.286. The summed E-state index contributed by atoms with van der Waals surface area (Å²) in [5.74, 6) is 0.0526. The van der Waals surface area contributed by atoms with Crippen LogP contribution < -0.4 is 10.1 Å². The van der Waals surface area contributed by atoms with E-state index in [0.29, 0.717) is 24.1 Å². The van der Waals surface area contributed by atoms with Crippen LogP contribution in [0.2, 0.25) is 0 Å². The number of amides is 1. The summed E-state index contributed by atoms with van der Waals surface area (Å²) in [7, 11) is 4.24. The molecule has 0 unspecified atom stereocenters. The molecule has 1 amide bonds. The first-order chi connectivity index (χ1) is 15.7. The number of carbonyl (C=O) groups excluding carboxylic acids is 1. The van der Waals surface area contributed by atoms with Gasteiger partial charge in [-0.25, -0.2) is 0 Å². The third kappa shape index (κ3) is 4.19. The first kappa shape index (κ1) is 21.8. The van der Waals surface area contributed by atoms with Crippen LogP contribution in [-0.2, 0) is 13.5 Å². The van der Waals surface area contributed by atoms with Crippen molar-refractivity contribution in [2.75, 3.05) is 20.1 Å². The van der Waals surface area contributed by atoms with E-state index in [9.17, 15) is 18.0 Å². The Morgan fingerprint density at radius 1 is 1.15 bits per heavy atom. The summed E-state index contributed by atoms with van der Waals surface area (Å²) in [6.45, 7) is 1.41. The SMILES string of the molecule is CN1C[C@H](CNC(=O)c2ccc(OC(F)(F)F)cc2)C[C@@H]2c3cccc4c3c(cn4C)C[C@H]21. The van der Waals surface area contributed by atoms with Crippen LogP contribution in [0.4, 0.5) is 13.2 Å². The maximum absolute atomic E-state index is 12.6. The number of benzene rings is 2. The molecule has 3 atom stereocenters. The second kappa shape index (κ2) is 8.09. The summed E-state index contributed by atoms with van der Waals surface area (Å²) in [6.07, 6.45) is -0.490. The molecule has 2 aromatic carbocycles. The van der Waals surface area contributed by atoms with Crippen LogP contribution >= 0.6 is 0 Å². The van der Waals surface area contributed by atoms with Crippen LogP contribution in [0.5, 0.6) is 5.75 Å². The van der Waals surface area contributed by atoms with Gasteiger partial charge in [-0.3, -0.25) is 4.79 Å². The number of nitrogens with zero attached hydrogens (tertiary/aromatic N) is 2. The van der Waals surface area contributed by atoms with Gasteiger partial charge in [0.15, 0.2) is 0 Å². The van der Waals surface area contributed by atoms with E-state index < -0.39 is 6.36 Å². The number of hydrogen-bond acceptors (Lipinski definition) is 3. The highest BCUT2D eigenvalue weighted by molar-refractivity contribution is 5.94. The van der Waals surface area contributed by atoms with Gasteiger partial charge in [0.25, 0.3) is 5.91 Å². The monoisotopic (exact) mass is 457 g/mol. The molecule has 5 nitrogen and oxygen atoms in total. The quantitative estimate of drug-likeness (QED) is 0.629. The molecule has 174 valence electrons. The normalized spacial score (nSPS) is 22.8. The number of alkyl halides is 3. The van der Waals surface area contributed by atoms with E-state index >= 15 is 0 Å². The lowest BCUT2D eigenvalue weighted by molar-refractivity contribution is -0.274. The number of nitrogens with one attached hydrogen (secondary N) is 1. The zero-order chi connectivity index (χ0) is 23.3. The topological polar surface area (TPSA) is 46.5 Å². The van der Waals surface area contributed by atoms with E-state index in [4.69, 9.17) is 0 Å². The van der Waals surface area contributed by atoms with Crippen molar-refractivity contribution in [3.05, 3.63) is 65.4 Å². The summed E-state index contributed by atoms with van der Waals surface area (Å²) in [6, 6.07) is 12.0. The molecule has 0 spiro atoms. The summed E-state index contributed by atoms with van der Waals surface area (Å²) in [4.78, 5) is 15.0. The highest BCUT2D eigenvalue weighted by Gasteiger charge is 2.39. The number of piperidine rings is 1. The zero-order valence-electron chi connectivity index (χ0n) is 18.5. The fourth-order valence-electron chi connectivity index (χ4n) is 5.63. The van der Waals surface area contributed by atoms with Gasteiger partial charge in [-0.15, -0.1) is 13.2 Å². The van der Waals surface area contributed by atoms with Crippen molar-refractivity contribution in [3.8, 4) is 5.75 Å². The number of rotatable bonds is 4. The van der Waals surface area contributed by atoms with Crippen LogP contribution in [0.3, 0.4) is 0 Å². The van der Waals surface area contributed by atoms with Crippen LogP contribution in [-0.4, -0.2) is 47.9 Å². The van der Waals surface area contributed by atoms with E-state index in [1.807, 2.05) is 0 Å². The number of likely N-dealkylation sites (tertiary alicyclic amines) is 1. The van der Waals surface area contributed by atoms with Gasteiger partial charge < -0.3 is 19.5 Å². The molecule has 0 radical (unpaired) electrons. The van der Waals surface area contributed by atoms with E-state index in [0.717, 1.165) is 31.5 Å². The van der Waals surface area contributed by atoms with Crippen molar-refractivity contribution in [1.82, 2.24) is 14.8 Å². The molecule has 2 heterocycles. The Morgan fingerprint density at radius 3 is 2.64 bits per heavy atom. The van der Waals surface area contributed by atoms with Crippen molar-refractivity contribution in [3.63, 3.8) is 0 Å². The number of likely N-dealkylation sites (N-methyl/N-ethyl adjacent to an activating group) is 1. The lowest BCUT2D eigenvalue weighted by Crippen LogP contribution is -2.50. The molecule has 3 aromatic rings. The fourth-order valence-corrected chi connectivity index (χ4v) is 5.63. The molecule has 0 saturated carbocycles.